The second-order valence-corrected chi connectivity index (χ2v) is 4.15. The molecule has 1 rings (SSSR count). The number of halogens is 2. The molecule has 0 bridgehead atoms. The fourth-order valence-corrected chi connectivity index (χ4v) is 0.936. The zero-order chi connectivity index (χ0) is 8.65. The smallest absolute Gasteiger partial charge is 0.169 e. The first-order valence-corrected chi connectivity index (χ1v) is 4.08. The maximum absolute atomic E-state index is 5.72. The third kappa shape index (κ3) is 1.88. The molecule has 0 fully saturated rings. The van der Waals surface area contributed by atoms with Gasteiger partial charge in [0.2, 0.25) is 0 Å². The van der Waals surface area contributed by atoms with E-state index in [1.165, 1.54) is 0 Å². The first-order chi connectivity index (χ1) is 4.91. The van der Waals surface area contributed by atoms with Gasteiger partial charge in [0, 0.05) is 6.20 Å². The Hall–Kier alpha value is -0.210. The molecule has 0 unspecified atom stereocenters. The van der Waals surface area contributed by atoms with Crippen molar-refractivity contribution in [2.75, 3.05) is 0 Å². The van der Waals surface area contributed by atoms with Crippen LogP contribution >= 0.6 is 23.2 Å². The van der Waals surface area contributed by atoms with Gasteiger partial charge in [-0.1, -0.05) is 23.2 Å². The second kappa shape index (κ2) is 2.68. The number of aromatic nitrogens is 2. The summed E-state index contributed by atoms with van der Waals surface area (Å²) in [4.78, 5) is 0. The molecule has 0 aliphatic carbocycles. The van der Waals surface area contributed by atoms with Crippen LogP contribution in [0, 0.1) is 0 Å². The van der Waals surface area contributed by atoms with Crippen molar-refractivity contribution in [1.82, 2.24) is 9.78 Å². The van der Waals surface area contributed by atoms with Crippen LogP contribution < -0.4 is 0 Å². The van der Waals surface area contributed by atoms with Gasteiger partial charge in [-0.15, -0.1) is 0 Å². The molecule has 4 heteroatoms. The van der Waals surface area contributed by atoms with E-state index in [4.69, 9.17) is 23.2 Å². The molecule has 0 amide bonds. The minimum absolute atomic E-state index is 0.0587. The summed E-state index contributed by atoms with van der Waals surface area (Å²) in [6.45, 7) is 6.10. The molecule has 1 aromatic rings. The average Bonchev–Trinajstić information content (AvgIpc) is 2.11. The summed E-state index contributed by atoms with van der Waals surface area (Å²) in [5, 5.41) is 4.90. The molecule has 0 spiro atoms. The van der Waals surface area contributed by atoms with E-state index in [9.17, 15) is 0 Å². The quantitative estimate of drug-likeness (QED) is 0.619. The van der Waals surface area contributed by atoms with Crippen LogP contribution in [0.4, 0.5) is 0 Å². The van der Waals surface area contributed by atoms with E-state index in [0.29, 0.717) is 10.2 Å². The van der Waals surface area contributed by atoms with Gasteiger partial charge in [0.05, 0.1) is 10.6 Å². The molecule has 0 aliphatic rings. The van der Waals surface area contributed by atoms with Crippen molar-refractivity contribution in [3.05, 3.63) is 16.4 Å². The molecular formula is C7H10Cl2N2. The molecule has 1 aromatic heterocycles. The molecule has 0 atom stereocenters. The fraction of sp³-hybridized carbons (Fsp3) is 0.571. The van der Waals surface area contributed by atoms with Gasteiger partial charge in [0.25, 0.3) is 0 Å². The minimum Gasteiger partial charge on any atom is -0.264 e. The number of hydrogen-bond donors (Lipinski definition) is 0. The van der Waals surface area contributed by atoms with Crippen molar-refractivity contribution in [2.45, 2.75) is 26.3 Å². The summed E-state index contributed by atoms with van der Waals surface area (Å²) < 4.78 is 1.75. The van der Waals surface area contributed by atoms with Gasteiger partial charge in [-0.25, -0.2) is 0 Å². The van der Waals surface area contributed by atoms with Gasteiger partial charge in [0.15, 0.2) is 5.15 Å². The number of nitrogens with zero attached hydrogens (tertiary/aromatic N) is 2. The van der Waals surface area contributed by atoms with E-state index in [2.05, 4.69) is 5.10 Å². The zero-order valence-corrected chi connectivity index (χ0v) is 8.24. The Balaban J connectivity index is 3.08. The standard InChI is InChI=1S/C7H10Cl2N2/c1-7(2,3)11-4-5(8)6(9)10-11/h4H,1-3H3. The van der Waals surface area contributed by atoms with E-state index in [1.54, 1.807) is 10.9 Å². The van der Waals surface area contributed by atoms with Crippen LogP contribution in [0.5, 0.6) is 0 Å². The Morgan fingerprint density at radius 1 is 1.36 bits per heavy atom. The van der Waals surface area contributed by atoms with Crippen LogP contribution in [0.25, 0.3) is 0 Å². The van der Waals surface area contributed by atoms with Crippen LogP contribution in [0.15, 0.2) is 6.20 Å². The first-order valence-electron chi connectivity index (χ1n) is 3.32. The van der Waals surface area contributed by atoms with Crippen molar-refractivity contribution >= 4 is 23.2 Å². The lowest BCUT2D eigenvalue weighted by Crippen LogP contribution is -2.21. The normalized spacial score (nSPS) is 12.1. The van der Waals surface area contributed by atoms with Crippen LogP contribution in [0.3, 0.4) is 0 Å². The fourth-order valence-electron chi connectivity index (χ4n) is 0.675. The molecule has 0 radical (unpaired) electrons. The highest BCUT2D eigenvalue weighted by molar-refractivity contribution is 6.41. The number of hydrogen-bond acceptors (Lipinski definition) is 1. The summed E-state index contributed by atoms with van der Waals surface area (Å²) in [6, 6.07) is 0. The Kier molecular flexibility index (Phi) is 2.17. The SMILES string of the molecule is CC(C)(C)n1cc(Cl)c(Cl)n1. The largest absolute Gasteiger partial charge is 0.264 e. The minimum atomic E-state index is -0.0587. The summed E-state index contributed by atoms with van der Waals surface area (Å²) in [7, 11) is 0. The summed E-state index contributed by atoms with van der Waals surface area (Å²) in [5.74, 6) is 0. The number of rotatable bonds is 0. The highest BCUT2D eigenvalue weighted by atomic mass is 35.5. The molecule has 2 nitrogen and oxygen atoms in total. The lowest BCUT2D eigenvalue weighted by Gasteiger charge is -2.18. The molecule has 1 heterocycles. The van der Waals surface area contributed by atoms with E-state index < -0.39 is 0 Å². The van der Waals surface area contributed by atoms with Crippen LogP contribution in [-0.2, 0) is 5.54 Å². The molecule has 0 aromatic carbocycles. The Labute approximate surface area is 76.1 Å². The molecule has 11 heavy (non-hydrogen) atoms. The average molecular weight is 193 g/mol. The molecule has 62 valence electrons. The van der Waals surface area contributed by atoms with Gasteiger partial charge in [-0.3, -0.25) is 4.68 Å². The van der Waals surface area contributed by atoms with Crippen molar-refractivity contribution in [1.29, 1.82) is 0 Å². The topological polar surface area (TPSA) is 17.8 Å². The second-order valence-electron chi connectivity index (χ2n) is 3.38. The third-order valence-electron chi connectivity index (χ3n) is 1.32. The summed E-state index contributed by atoms with van der Waals surface area (Å²) >= 11 is 11.4. The highest BCUT2D eigenvalue weighted by Gasteiger charge is 2.15. The first kappa shape index (κ1) is 8.88. The van der Waals surface area contributed by atoms with Gasteiger partial charge < -0.3 is 0 Å². The maximum atomic E-state index is 5.72. The zero-order valence-electron chi connectivity index (χ0n) is 6.73. The predicted octanol–water partition coefficient (Wildman–Crippen LogP) is 2.94. The molecule has 0 N–H and O–H groups in total. The van der Waals surface area contributed by atoms with E-state index in [-0.39, 0.29) is 5.54 Å². The monoisotopic (exact) mass is 192 g/mol. The van der Waals surface area contributed by atoms with Crippen molar-refractivity contribution in [2.24, 2.45) is 0 Å². The van der Waals surface area contributed by atoms with E-state index >= 15 is 0 Å². The van der Waals surface area contributed by atoms with Gasteiger partial charge in [-0.05, 0) is 20.8 Å². The van der Waals surface area contributed by atoms with Gasteiger partial charge >= 0.3 is 0 Å². The Morgan fingerprint density at radius 3 is 2.09 bits per heavy atom. The van der Waals surface area contributed by atoms with Crippen LogP contribution in [0.2, 0.25) is 10.2 Å². The van der Waals surface area contributed by atoms with E-state index in [1.807, 2.05) is 20.8 Å². The van der Waals surface area contributed by atoms with Gasteiger partial charge in [-0.2, -0.15) is 5.10 Å². The molecule has 0 aliphatic heterocycles. The summed E-state index contributed by atoms with van der Waals surface area (Å²) in [5.41, 5.74) is -0.0587. The van der Waals surface area contributed by atoms with Gasteiger partial charge in [0.1, 0.15) is 0 Å². The lowest BCUT2D eigenvalue weighted by atomic mass is 10.1. The maximum Gasteiger partial charge on any atom is 0.169 e. The third-order valence-corrected chi connectivity index (χ3v) is 1.97. The summed E-state index contributed by atoms with van der Waals surface area (Å²) in [6.07, 6.45) is 1.73. The van der Waals surface area contributed by atoms with Crippen LogP contribution in [-0.4, -0.2) is 9.78 Å². The van der Waals surface area contributed by atoms with Crippen LogP contribution in [0.1, 0.15) is 20.8 Å². The molecule has 0 saturated heterocycles. The lowest BCUT2D eigenvalue weighted by molar-refractivity contribution is 0.355. The molecule has 0 saturated carbocycles. The van der Waals surface area contributed by atoms with Crippen molar-refractivity contribution in [3.8, 4) is 0 Å². The highest BCUT2D eigenvalue weighted by Crippen LogP contribution is 2.23. The Morgan fingerprint density at radius 2 is 1.91 bits per heavy atom. The predicted molar refractivity (Wildman–Crippen MR) is 47.2 cm³/mol. The van der Waals surface area contributed by atoms with Crippen molar-refractivity contribution in [3.63, 3.8) is 0 Å². The Bertz CT molecular complexity index is 240. The molecular weight excluding hydrogens is 183 g/mol. The van der Waals surface area contributed by atoms with E-state index in [0.717, 1.165) is 0 Å². The van der Waals surface area contributed by atoms with Crippen molar-refractivity contribution < 1.29 is 0 Å².